The lowest BCUT2D eigenvalue weighted by Gasteiger charge is -2.34. The van der Waals surface area contributed by atoms with Gasteiger partial charge < -0.3 is 9.84 Å². The summed E-state index contributed by atoms with van der Waals surface area (Å²) in [6.45, 7) is 8.50. The highest BCUT2D eigenvalue weighted by atomic mass is 16.5. The fourth-order valence-electron chi connectivity index (χ4n) is 6.34. The lowest BCUT2D eigenvalue weighted by Crippen LogP contribution is -2.28. The molecular weight excluding hydrogens is 512 g/mol. The minimum Gasteiger partial charge on any atom is -0.508 e. The third kappa shape index (κ3) is 4.61. The highest BCUT2D eigenvalue weighted by Gasteiger charge is 2.46. The molecule has 1 unspecified atom stereocenters. The first-order valence-corrected chi connectivity index (χ1v) is 15.1. The summed E-state index contributed by atoms with van der Waals surface area (Å²) in [5.41, 5.74) is 7.11. The Morgan fingerprint density at radius 2 is 1.07 bits per heavy atom. The van der Waals surface area contributed by atoms with Crippen molar-refractivity contribution in [3.05, 3.63) is 144 Å². The lowest BCUT2D eigenvalue weighted by molar-refractivity contribution is 0.218. The van der Waals surface area contributed by atoms with Crippen molar-refractivity contribution in [2.45, 2.75) is 52.1 Å². The van der Waals surface area contributed by atoms with Crippen molar-refractivity contribution in [3.8, 4) is 22.6 Å². The fourth-order valence-corrected chi connectivity index (χ4v) is 6.34. The average Bonchev–Trinajstić information content (AvgIpc) is 3.32. The molecule has 2 nitrogen and oxygen atoms in total. The molecule has 7 rings (SSSR count). The summed E-state index contributed by atoms with van der Waals surface area (Å²) in [6.07, 6.45) is 2.41. The monoisotopic (exact) mass is 550 g/mol. The van der Waals surface area contributed by atoms with E-state index in [2.05, 4.69) is 131 Å². The van der Waals surface area contributed by atoms with Crippen LogP contribution in [0.5, 0.6) is 11.5 Å². The summed E-state index contributed by atoms with van der Waals surface area (Å²) in [4.78, 5) is 0. The summed E-state index contributed by atoms with van der Waals surface area (Å²) < 4.78 is 6.12. The Bertz CT molecular complexity index is 1840. The molecule has 1 N–H and O–H groups in total. The van der Waals surface area contributed by atoms with Gasteiger partial charge in [0.1, 0.15) is 11.5 Å². The van der Waals surface area contributed by atoms with Gasteiger partial charge in [-0.3, -0.25) is 0 Å². The van der Waals surface area contributed by atoms with Gasteiger partial charge in [0.25, 0.3) is 0 Å². The van der Waals surface area contributed by atoms with Gasteiger partial charge in [0.2, 0.25) is 0 Å². The van der Waals surface area contributed by atoms with E-state index < -0.39 is 5.41 Å². The number of phenolic OH excluding ortho intramolecular Hbond substituents is 1. The van der Waals surface area contributed by atoms with Crippen LogP contribution in [-0.4, -0.2) is 11.2 Å². The Morgan fingerprint density at radius 3 is 1.64 bits per heavy atom. The van der Waals surface area contributed by atoms with Gasteiger partial charge >= 0.3 is 0 Å². The third-order valence-electron chi connectivity index (χ3n) is 8.37. The Kier molecular flexibility index (Phi) is 7.47. The van der Waals surface area contributed by atoms with Crippen molar-refractivity contribution in [2.24, 2.45) is 0 Å². The number of phenols is 1. The van der Waals surface area contributed by atoms with Gasteiger partial charge in [-0.1, -0.05) is 112 Å². The summed E-state index contributed by atoms with van der Waals surface area (Å²) in [7, 11) is 0. The fraction of sp³-hybridized carbons (Fsp3) is 0.200. The molecule has 0 aliphatic heterocycles. The average molecular weight is 551 g/mol. The summed E-state index contributed by atoms with van der Waals surface area (Å²) in [5, 5.41) is 14.6. The number of hydrogen-bond donors (Lipinski definition) is 1. The van der Waals surface area contributed by atoms with Crippen LogP contribution in [0.3, 0.4) is 0 Å². The molecule has 0 spiro atoms. The van der Waals surface area contributed by atoms with Gasteiger partial charge in [-0.05, 0) is 105 Å². The van der Waals surface area contributed by atoms with E-state index in [9.17, 15) is 5.11 Å². The van der Waals surface area contributed by atoms with E-state index in [1.807, 2.05) is 12.1 Å². The van der Waals surface area contributed by atoms with Crippen LogP contribution >= 0.6 is 0 Å². The standard InChI is InChI=1S/C37H30O2.C3H8/c1-3-24(2)39-32-19-15-26-21-30(17-13-28(26)23-32)37(29-16-12-27-22-31(38)18-14-25(27)20-29)35-10-6-4-8-33(35)34-9-5-7-11-36(34)37;1-3-2/h4-24,38H,3H2,1-2H3;3H2,1-2H3. The van der Waals surface area contributed by atoms with Crippen LogP contribution in [0.25, 0.3) is 32.7 Å². The highest BCUT2D eigenvalue weighted by Crippen LogP contribution is 2.56. The Hall–Kier alpha value is -4.56. The number of ether oxygens (including phenoxy) is 1. The van der Waals surface area contributed by atoms with Crippen molar-refractivity contribution < 1.29 is 9.84 Å². The molecule has 1 aliphatic rings. The number of rotatable bonds is 5. The normalized spacial score (nSPS) is 13.6. The van der Waals surface area contributed by atoms with Crippen molar-refractivity contribution in [2.75, 3.05) is 0 Å². The molecule has 0 fully saturated rings. The molecule has 0 saturated heterocycles. The zero-order chi connectivity index (χ0) is 29.3. The molecule has 0 bridgehead atoms. The smallest absolute Gasteiger partial charge is 0.120 e. The molecule has 210 valence electrons. The Labute approximate surface area is 249 Å². The minimum atomic E-state index is -0.473. The first kappa shape index (κ1) is 27.6. The molecule has 1 aliphatic carbocycles. The molecule has 6 aromatic rings. The van der Waals surface area contributed by atoms with Crippen LogP contribution in [0, 0.1) is 0 Å². The number of benzene rings is 6. The van der Waals surface area contributed by atoms with E-state index >= 15 is 0 Å². The molecule has 1 atom stereocenters. The zero-order valence-corrected chi connectivity index (χ0v) is 24.9. The first-order valence-electron chi connectivity index (χ1n) is 15.1. The van der Waals surface area contributed by atoms with E-state index in [1.165, 1.54) is 50.6 Å². The second kappa shape index (κ2) is 11.4. The van der Waals surface area contributed by atoms with Gasteiger partial charge in [0.15, 0.2) is 0 Å². The van der Waals surface area contributed by atoms with Gasteiger partial charge in [0.05, 0.1) is 11.5 Å². The van der Waals surface area contributed by atoms with Crippen LogP contribution in [0.2, 0.25) is 0 Å². The molecule has 0 amide bonds. The van der Waals surface area contributed by atoms with Gasteiger partial charge in [0, 0.05) is 0 Å². The zero-order valence-electron chi connectivity index (χ0n) is 24.9. The second-order valence-corrected chi connectivity index (χ2v) is 11.4. The third-order valence-corrected chi connectivity index (χ3v) is 8.37. The van der Waals surface area contributed by atoms with Crippen LogP contribution in [0.1, 0.15) is 62.8 Å². The largest absolute Gasteiger partial charge is 0.508 e. The van der Waals surface area contributed by atoms with Crippen LogP contribution < -0.4 is 4.74 Å². The molecule has 0 heterocycles. The van der Waals surface area contributed by atoms with Crippen LogP contribution in [-0.2, 0) is 5.41 Å². The molecule has 0 aromatic heterocycles. The minimum absolute atomic E-state index is 0.186. The number of hydrogen-bond acceptors (Lipinski definition) is 2. The van der Waals surface area contributed by atoms with E-state index in [0.717, 1.165) is 22.9 Å². The van der Waals surface area contributed by atoms with Crippen molar-refractivity contribution in [3.63, 3.8) is 0 Å². The highest BCUT2D eigenvalue weighted by molar-refractivity contribution is 5.92. The molecule has 42 heavy (non-hydrogen) atoms. The van der Waals surface area contributed by atoms with Crippen LogP contribution in [0.4, 0.5) is 0 Å². The maximum Gasteiger partial charge on any atom is 0.120 e. The lowest BCUT2D eigenvalue weighted by atomic mass is 9.67. The predicted molar refractivity (Wildman–Crippen MR) is 177 cm³/mol. The van der Waals surface area contributed by atoms with Gasteiger partial charge in [-0.2, -0.15) is 0 Å². The topological polar surface area (TPSA) is 29.5 Å². The van der Waals surface area contributed by atoms with Crippen molar-refractivity contribution in [1.29, 1.82) is 0 Å². The number of fused-ring (bicyclic) bond motifs is 5. The van der Waals surface area contributed by atoms with Crippen molar-refractivity contribution >= 4 is 21.5 Å². The van der Waals surface area contributed by atoms with E-state index in [4.69, 9.17) is 4.74 Å². The van der Waals surface area contributed by atoms with Gasteiger partial charge in [-0.15, -0.1) is 0 Å². The first-order chi connectivity index (χ1) is 20.5. The van der Waals surface area contributed by atoms with Crippen LogP contribution in [0.15, 0.2) is 121 Å². The summed E-state index contributed by atoms with van der Waals surface area (Å²) >= 11 is 0. The van der Waals surface area contributed by atoms with Gasteiger partial charge in [-0.25, -0.2) is 0 Å². The molecule has 0 radical (unpaired) electrons. The quantitative estimate of drug-likeness (QED) is 0.231. The molecule has 2 heteroatoms. The van der Waals surface area contributed by atoms with E-state index in [-0.39, 0.29) is 11.9 Å². The predicted octanol–water partition coefficient (Wildman–Crippen LogP) is 10.7. The molecule has 6 aromatic carbocycles. The molecular formula is C40H38O2. The summed E-state index contributed by atoms with van der Waals surface area (Å²) in [6, 6.07) is 43.2. The molecule has 0 saturated carbocycles. The maximum absolute atomic E-state index is 10.1. The van der Waals surface area contributed by atoms with E-state index in [1.54, 1.807) is 6.07 Å². The Balaban J connectivity index is 0.00000101. The van der Waals surface area contributed by atoms with E-state index in [0.29, 0.717) is 0 Å². The Morgan fingerprint density at radius 1 is 0.595 bits per heavy atom. The second-order valence-electron chi connectivity index (χ2n) is 11.4. The SMILES string of the molecule is CCC.CCC(C)Oc1ccc2cc(C3(c4ccc5cc(O)ccc5c4)c4ccccc4-c4ccccc43)ccc2c1. The maximum atomic E-state index is 10.1. The summed E-state index contributed by atoms with van der Waals surface area (Å²) in [5.74, 6) is 1.20. The number of aromatic hydroxyl groups is 1. The van der Waals surface area contributed by atoms with Crippen molar-refractivity contribution in [1.82, 2.24) is 0 Å².